The number of benzene rings is 1. The van der Waals surface area contributed by atoms with E-state index in [1.807, 2.05) is 24.4 Å². The summed E-state index contributed by atoms with van der Waals surface area (Å²) in [5, 5.41) is 0. The van der Waals surface area contributed by atoms with Crippen LogP contribution in [0.15, 0.2) is 42.6 Å². The summed E-state index contributed by atoms with van der Waals surface area (Å²) < 4.78 is 0. The molecule has 1 aliphatic heterocycles. The lowest BCUT2D eigenvalue weighted by Gasteiger charge is -2.38. The summed E-state index contributed by atoms with van der Waals surface area (Å²) in [4.78, 5) is 9.66. The number of piperazine rings is 1. The third-order valence-electron chi connectivity index (χ3n) is 4.93. The molecule has 0 saturated carbocycles. The number of anilines is 1. The number of nitrogens with two attached hydrogens (primary N) is 1. The monoisotopic (exact) mass is 324 g/mol. The first-order chi connectivity index (χ1) is 11.6. The van der Waals surface area contributed by atoms with Crippen LogP contribution in [0.5, 0.6) is 0 Å². The number of aromatic nitrogens is 1. The molecule has 1 saturated heterocycles. The van der Waals surface area contributed by atoms with Gasteiger partial charge < -0.3 is 10.6 Å². The van der Waals surface area contributed by atoms with Crippen LogP contribution in [0.3, 0.4) is 0 Å². The maximum Gasteiger partial charge on any atom is 0.131 e. The maximum absolute atomic E-state index is 6.40. The fourth-order valence-electron chi connectivity index (χ4n) is 3.39. The van der Waals surface area contributed by atoms with Crippen molar-refractivity contribution in [3.8, 4) is 0 Å². The highest BCUT2D eigenvalue weighted by Crippen LogP contribution is 2.25. The molecule has 1 atom stereocenters. The van der Waals surface area contributed by atoms with Crippen molar-refractivity contribution < 1.29 is 0 Å². The zero-order valence-electron chi connectivity index (χ0n) is 14.9. The van der Waals surface area contributed by atoms with E-state index >= 15 is 0 Å². The highest BCUT2D eigenvalue weighted by molar-refractivity contribution is 5.49. The molecular weight excluding hydrogens is 296 g/mol. The van der Waals surface area contributed by atoms with Crippen LogP contribution in [0.25, 0.3) is 0 Å². The van der Waals surface area contributed by atoms with Gasteiger partial charge in [-0.2, -0.15) is 0 Å². The first kappa shape index (κ1) is 16.9. The molecule has 24 heavy (non-hydrogen) atoms. The van der Waals surface area contributed by atoms with Gasteiger partial charge >= 0.3 is 0 Å². The summed E-state index contributed by atoms with van der Waals surface area (Å²) in [6.07, 6.45) is 1.94. The summed E-state index contributed by atoms with van der Waals surface area (Å²) in [7, 11) is 0. The Balaban J connectivity index is 1.74. The van der Waals surface area contributed by atoms with Crippen LogP contribution < -0.4 is 10.6 Å². The zero-order valence-corrected chi connectivity index (χ0v) is 14.9. The SMILES string of the molecule is Cc1cc(C(N)c2ccccc2)cnc1N1CCN(C(C)C)CC1. The minimum absolute atomic E-state index is 0.121. The minimum Gasteiger partial charge on any atom is -0.354 e. The molecular formula is C20H28N4. The average molecular weight is 324 g/mol. The lowest BCUT2D eigenvalue weighted by Crippen LogP contribution is -2.49. The van der Waals surface area contributed by atoms with Crippen LogP contribution >= 0.6 is 0 Å². The molecule has 3 rings (SSSR count). The van der Waals surface area contributed by atoms with Crippen molar-refractivity contribution in [2.75, 3.05) is 31.1 Å². The van der Waals surface area contributed by atoms with Crippen molar-refractivity contribution in [1.29, 1.82) is 0 Å². The van der Waals surface area contributed by atoms with Gasteiger partial charge in [0.05, 0.1) is 6.04 Å². The molecule has 2 aromatic rings. The molecule has 0 bridgehead atoms. The van der Waals surface area contributed by atoms with Gasteiger partial charge in [0.25, 0.3) is 0 Å². The van der Waals surface area contributed by atoms with Crippen LogP contribution in [-0.2, 0) is 0 Å². The number of nitrogens with zero attached hydrogens (tertiary/aromatic N) is 3. The molecule has 0 radical (unpaired) electrons. The van der Waals surface area contributed by atoms with Gasteiger partial charge in [0.1, 0.15) is 5.82 Å². The van der Waals surface area contributed by atoms with E-state index < -0.39 is 0 Å². The lowest BCUT2D eigenvalue weighted by atomic mass is 10.00. The van der Waals surface area contributed by atoms with E-state index in [0.717, 1.165) is 43.1 Å². The molecule has 2 heterocycles. The van der Waals surface area contributed by atoms with E-state index in [0.29, 0.717) is 6.04 Å². The first-order valence-corrected chi connectivity index (χ1v) is 8.82. The van der Waals surface area contributed by atoms with E-state index in [4.69, 9.17) is 10.7 Å². The van der Waals surface area contributed by atoms with Crippen molar-refractivity contribution in [2.24, 2.45) is 5.73 Å². The summed E-state index contributed by atoms with van der Waals surface area (Å²) in [6, 6.07) is 12.9. The fourth-order valence-corrected chi connectivity index (χ4v) is 3.39. The highest BCUT2D eigenvalue weighted by atomic mass is 15.3. The topological polar surface area (TPSA) is 45.4 Å². The van der Waals surface area contributed by atoms with Gasteiger partial charge in [-0.05, 0) is 43.5 Å². The Morgan fingerprint density at radius 1 is 1.00 bits per heavy atom. The van der Waals surface area contributed by atoms with Gasteiger partial charge in [0.2, 0.25) is 0 Å². The van der Waals surface area contributed by atoms with E-state index in [1.54, 1.807) is 0 Å². The predicted octanol–water partition coefficient (Wildman–Crippen LogP) is 2.97. The summed E-state index contributed by atoms with van der Waals surface area (Å²) in [5.41, 5.74) is 9.81. The van der Waals surface area contributed by atoms with E-state index in [-0.39, 0.29) is 6.04 Å². The maximum atomic E-state index is 6.40. The molecule has 4 nitrogen and oxygen atoms in total. The van der Waals surface area contributed by atoms with E-state index in [2.05, 4.69) is 48.8 Å². The number of hydrogen-bond acceptors (Lipinski definition) is 4. The van der Waals surface area contributed by atoms with Crippen molar-refractivity contribution in [1.82, 2.24) is 9.88 Å². The Kier molecular flexibility index (Phi) is 5.17. The quantitative estimate of drug-likeness (QED) is 0.939. The molecule has 0 spiro atoms. The van der Waals surface area contributed by atoms with Crippen molar-refractivity contribution in [3.05, 3.63) is 59.3 Å². The third-order valence-corrected chi connectivity index (χ3v) is 4.93. The second-order valence-corrected chi connectivity index (χ2v) is 6.91. The minimum atomic E-state index is -0.121. The zero-order chi connectivity index (χ0) is 17.1. The summed E-state index contributed by atoms with van der Waals surface area (Å²) >= 11 is 0. The lowest BCUT2D eigenvalue weighted by molar-refractivity contribution is 0.209. The molecule has 1 unspecified atom stereocenters. The molecule has 128 valence electrons. The fraction of sp³-hybridized carbons (Fsp3) is 0.450. The smallest absolute Gasteiger partial charge is 0.131 e. The van der Waals surface area contributed by atoms with Gasteiger partial charge in [0, 0.05) is 38.4 Å². The summed E-state index contributed by atoms with van der Waals surface area (Å²) in [6.45, 7) is 10.9. The Labute approximate surface area is 145 Å². The first-order valence-electron chi connectivity index (χ1n) is 8.82. The molecule has 1 fully saturated rings. The predicted molar refractivity (Wildman–Crippen MR) is 100 cm³/mol. The second-order valence-electron chi connectivity index (χ2n) is 6.91. The Morgan fingerprint density at radius 3 is 2.25 bits per heavy atom. The average Bonchev–Trinajstić information content (AvgIpc) is 2.62. The van der Waals surface area contributed by atoms with Crippen molar-refractivity contribution in [3.63, 3.8) is 0 Å². The van der Waals surface area contributed by atoms with Crippen LogP contribution in [-0.4, -0.2) is 42.1 Å². The van der Waals surface area contributed by atoms with Crippen LogP contribution in [0, 0.1) is 6.92 Å². The largest absolute Gasteiger partial charge is 0.354 e. The molecule has 4 heteroatoms. The molecule has 1 aliphatic rings. The Bertz CT molecular complexity index is 661. The van der Waals surface area contributed by atoms with Crippen LogP contribution in [0.2, 0.25) is 0 Å². The molecule has 0 aliphatic carbocycles. The van der Waals surface area contributed by atoms with Gasteiger partial charge in [-0.1, -0.05) is 30.3 Å². The number of pyridine rings is 1. The molecule has 1 aromatic carbocycles. The van der Waals surface area contributed by atoms with Gasteiger partial charge in [-0.25, -0.2) is 4.98 Å². The molecule has 0 amide bonds. The van der Waals surface area contributed by atoms with Crippen molar-refractivity contribution in [2.45, 2.75) is 32.9 Å². The molecule has 2 N–H and O–H groups in total. The second kappa shape index (κ2) is 7.32. The number of rotatable bonds is 4. The van der Waals surface area contributed by atoms with Crippen LogP contribution in [0.1, 0.15) is 36.6 Å². The van der Waals surface area contributed by atoms with Crippen molar-refractivity contribution >= 4 is 5.82 Å². The Morgan fingerprint density at radius 2 is 1.67 bits per heavy atom. The van der Waals surface area contributed by atoms with Crippen LogP contribution in [0.4, 0.5) is 5.82 Å². The number of aryl methyl sites for hydroxylation is 1. The highest BCUT2D eigenvalue weighted by Gasteiger charge is 2.21. The third kappa shape index (κ3) is 3.60. The van der Waals surface area contributed by atoms with Gasteiger partial charge in [-0.3, -0.25) is 4.90 Å². The van der Waals surface area contributed by atoms with Gasteiger partial charge in [-0.15, -0.1) is 0 Å². The van der Waals surface area contributed by atoms with E-state index in [1.165, 1.54) is 5.56 Å². The Hall–Kier alpha value is -1.91. The standard InChI is InChI=1S/C20H28N4/c1-15(2)23-9-11-24(12-10-23)20-16(3)13-18(14-22-20)19(21)17-7-5-4-6-8-17/h4-8,13-15,19H,9-12,21H2,1-3H3. The summed E-state index contributed by atoms with van der Waals surface area (Å²) in [5.74, 6) is 1.10. The van der Waals surface area contributed by atoms with Gasteiger partial charge in [0.15, 0.2) is 0 Å². The van der Waals surface area contributed by atoms with E-state index in [9.17, 15) is 0 Å². The number of hydrogen-bond donors (Lipinski definition) is 1. The normalized spacial score (nSPS) is 17.3. The molecule has 1 aromatic heterocycles.